The minimum atomic E-state index is -1.09. The number of ether oxygens (including phenoxy) is 2. The lowest BCUT2D eigenvalue weighted by atomic mass is 10.2. The summed E-state index contributed by atoms with van der Waals surface area (Å²) in [5.41, 5.74) is 1.10. The van der Waals surface area contributed by atoms with Gasteiger partial charge in [-0.3, -0.25) is 0 Å². The molecule has 0 radical (unpaired) electrons. The number of rotatable bonds is 7. The summed E-state index contributed by atoms with van der Waals surface area (Å²) in [6.07, 6.45) is -1.09. The molecule has 1 atom stereocenters. The molecule has 0 spiro atoms. The van der Waals surface area contributed by atoms with Gasteiger partial charge in [0.1, 0.15) is 5.75 Å². The van der Waals surface area contributed by atoms with Gasteiger partial charge in [0.25, 0.3) is 0 Å². The van der Waals surface area contributed by atoms with Crippen LogP contribution in [0.4, 0.5) is 5.69 Å². The second-order valence-electron chi connectivity index (χ2n) is 4.83. The highest BCUT2D eigenvalue weighted by atomic mass is 127. The fourth-order valence-corrected chi connectivity index (χ4v) is 3.77. The standard InChI is InChI=1S/C17H14I2N2O4/c18-12-7-13(19)9-15(8-12)25-17(23)16(24-6-5-22)21-14-3-1-11(10-20)2-4-14/h1-4,7-9,16,21-22H,5-6H2. The molecule has 2 rings (SSSR count). The van der Waals surface area contributed by atoms with Crippen molar-refractivity contribution in [3.63, 3.8) is 0 Å². The lowest BCUT2D eigenvalue weighted by molar-refractivity contribution is -0.146. The molecule has 0 aromatic heterocycles. The number of carbonyl (C=O) groups excluding carboxylic acids is 1. The third kappa shape index (κ3) is 6.43. The highest BCUT2D eigenvalue weighted by Gasteiger charge is 2.22. The summed E-state index contributed by atoms with van der Waals surface area (Å²) in [7, 11) is 0. The molecule has 2 aromatic carbocycles. The first-order chi connectivity index (χ1) is 12.0. The van der Waals surface area contributed by atoms with Gasteiger partial charge >= 0.3 is 5.97 Å². The highest BCUT2D eigenvalue weighted by Crippen LogP contribution is 2.21. The van der Waals surface area contributed by atoms with Crippen LogP contribution in [0.5, 0.6) is 5.75 Å². The van der Waals surface area contributed by atoms with Gasteiger partial charge in [0.2, 0.25) is 6.23 Å². The second kappa shape index (κ2) is 9.91. The van der Waals surface area contributed by atoms with E-state index in [0.717, 1.165) is 7.14 Å². The lowest BCUT2D eigenvalue weighted by Gasteiger charge is -2.19. The Labute approximate surface area is 172 Å². The summed E-state index contributed by atoms with van der Waals surface area (Å²) in [6.45, 7) is -0.243. The zero-order chi connectivity index (χ0) is 18.2. The number of halogens is 2. The largest absolute Gasteiger partial charge is 0.423 e. The minimum absolute atomic E-state index is 0.0209. The molecule has 0 aliphatic heterocycles. The smallest absolute Gasteiger partial charge is 0.361 e. The van der Waals surface area contributed by atoms with Crippen LogP contribution in [0.25, 0.3) is 0 Å². The number of nitrogens with zero attached hydrogens (tertiary/aromatic N) is 1. The van der Waals surface area contributed by atoms with Gasteiger partial charge in [-0.15, -0.1) is 0 Å². The predicted molar refractivity (Wildman–Crippen MR) is 109 cm³/mol. The predicted octanol–water partition coefficient (Wildman–Crippen LogP) is 3.12. The molecule has 0 saturated heterocycles. The van der Waals surface area contributed by atoms with Crippen LogP contribution in [0, 0.1) is 18.5 Å². The molecular weight excluding hydrogens is 550 g/mol. The summed E-state index contributed by atoms with van der Waals surface area (Å²) in [5, 5.41) is 20.7. The van der Waals surface area contributed by atoms with Gasteiger partial charge in [-0.25, -0.2) is 4.79 Å². The zero-order valence-corrected chi connectivity index (χ0v) is 17.2. The Morgan fingerprint density at radius 2 is 1.84 bits per heavy atom. The van der Waals surface area contributed by atoms with Crippen LogP contribution in [0.1, 0.15) is 5.56 Å². The molecule has 2 N–H and O–H groups in total. The van der Waals surface area contributed by atoms with Gasteiger partial charge in [0.05, 0.1) is 24.8 Å². The molecule has 0 aliphatic carbocycles. The van der Waals surface area contributed by atoms with Crippen molar-refractivity contribution in [3.05, 3.63) is 55.2 Å². The fourth-order valence-electron chi connectivity index (χ4n) is 1.89. The van der Waals surface area contributed by atoms with Crippen LogP contribution in [0.3, 0.4) is 0 Å². The van der Waals surface area contributed by atoms with Crippen molar-refractivity contribution in [2.24, 2.45) is 0 Å². The van der Waals surface area contributed by atoms with E-state index in [1.165, 1.54) is 0 Å². The minimum Gasteiger partial charge on any atom is -0.423 e. The Morgan fingerprint density at radius 1 is 1.20 bits per heavy atom. The van der Waals surface area contributed by atoms with Crippen LogP contribution in [-0.4, -0.2) is 30.5 Å². The molecular formula is C17H14I2N2O4. The Balaban J connectivity index is 2.11. The van der Waals surface area contributed by atoms with E-state index >= 15 is 0 Å². The van der Waals surface area contributed by atoms with Crippen LogP contribution in [-0.2, 0) is 9.53 Å². The second-order valence-corrected chi connectivity index (χ2v) is 7.33. The lowest BCUT2D eigenvalue weighted by Crippen LogP contribution is -2.36. The molecule has 2 aromatic rings. The topological polar surface area (TPSA) is 91.6 Å². The van der Waals surface area contributed by atoms with Crippen molar-refractivity contribution < 1.29 is 19.4 Å². The Morgan fingerprint density at radius 3 is 2.40 bits per heavy atom. The van der Waals surface area contributed by atoms with Crippen molar-refractivity contribution in [2.75, 3.05) is 18.5 Å². The first kappa shape index (κ1) is 19.9. The summed E-state index contributed by atoms with van der Waals surface area (Å²) in [6, 6.07) is 14.0. The van der Waals surface area contributed by atoms with E-state index in [1.807, 2.05) is 12.1 Å². The van der Waals surface area contributed by atoms with Crippen LogP contribution >= 0.6 is 45.2 Å². The molecule has 0 saturated carbocycles. The normalized spacial score (nSPS) is 11.4. The van der Waals surface area contributed by atoms with Gasteiger partial charge < -0.3 is 19.9 Å². The number of nitriles is 1. The molecule has 25 heavy (non-hydrogen) atoms. The SMILES string of the molecule is N#Cc1ccc(NC(OCCO)C(=O)Oc2cc(I)cc(I)c2)cc1. The quantitative estimate of drug-likeness (QED) is 0.233. The summed E-state index contributed by atoms with van der Waals surface area (Å²) in [5.74, 6) is -0.212. The molecule has 0 amide bonds. The summed E-state index contributed by atoms with van der Waals surface area (Å²) >= 11 is 4.28. The maximum atomic E-state index is 12.4. The molecule has 6 nitrogen and oxygen atoms in total. The van der Waals surface area contributed by atoms with E-state index in [9.17, 15) is 4.79 Å². The highest BCUT2D eigenvalue weighted by molar-refractivity contribution is 14.1. The monoisotopic (exact) mass is 564 g/mol. The van der Waals surface area contributed by atoms with E-state index in [1.54, 1.807) is 36.4 Å². The van der Waals surface area contributed by atoms with Gasteiger partial charge in [-0.05, 0) is 87.6 Å². The van der Waals surface area contributed by atoms with E-state index in [-0.39, 0.29) is 13.2 Å². The van der Waals surface area contributed by atoms with E-state index in [4.69, 9.17) is 19.8 Å². The number of carbonyl (C=O) groups is 1. The number of aliphatic hydroxyl groups is 1. The summed E-state index contributed by atoms with van der Waals surface area (Å²) < 4.78 is 12.6. The molecule has 8 heteroatoms. The average Bonchev–Trinajstić information content (AvgIpc) is 2.58. The third-order valence-electron chi connectivity index (χ3n) is 2.96. The number of esters is 1. The summed E-state index contributed by atoms with van der Waals surface area (Å²) in [4.78, 5) is 12.4. The Kier molecular flexibility index (Phi) is 7.89. The molecule has 0 aliphatic rings. The molecule has 1 unspecified atom stereocenters. The number of nitrogens with one attached hydrogen (secondary N) is 1. The van der Waals surface area contributed by atoms with Crippen LogP contribution in [0.2, 0.25) is 0 Å². The van der Waals surface area contributed by atoms with Crippen molar-refractivity contribution in [2.45, 2.75) is 6.23 Å². The van der Waals surface area contributed by atoms with E-state index in [2.05, 4.69) is 50.5 Å². The van der Waals surface area contributed by atoms with Gasteiger partial charge in [-0.1, -0.05) is 0 Å². The van der Waals surface area contributed by atoms with E-state index in [0.29, 0.717) is 17.0 Å². The van der Waals surface area contributed by atoms with Crippen molar-refractivity contribution >= 4 is 56.8 Å². The van der Waals surface area contributed by atoms with Crippen molar-refractivity contribution in [3.8, 4) is 11.8 Å². The Hall–Kier alpha value is -1.42. The molecule has 0 fully saturated rings. The third-order valence-corrected chi connectivity index (χ3v) is 4.20. The van der Waals surface area contributed by atoms with Crippen LogP contribution < -0.4 is 10.1 Å². The Bertz CT molecular complexity index is 755. The first-order valence-electron chi connectivity index (χ1n) is 7.19. The molecule has 0 bridgehead atoms. The number of benzene rings is 2. The first-order valence-corrected chi connectivity index (χ1v) is 9.34. The number of aliphatic hydroxyl groups excluding tert-OH is 1. The van der Waals surface area contributed by atoms with Gasteiger partial charge in [0.15, 0.2) is 0 Å². The fraction of sp³-hybridized carbons (Fsp3) is 0.176. The van der Waals surface area contributed by atoms with Crippen LogP contribution in [0.15, 0.2) is 42.5 Å². The maximum Gasteiger partial charge on any atom is 0.361 e. The average molecular weight is 564 g/mol. The van der Waals surface area contributed by atoms with Gasteiger partial charge in [0, 0.05) is 12.8 Å². The number of hydrogen-bond acceptors (Lipinski definition) is 6. The zero-order valence-electron chi connectivity index (χ0n) is 12.9. The number of hydrogen-bond donors (Lipinski definition) is 2. The maximum absolute atomic E-state index is 12.4. The van der Waals surface area contributed by atoms with Crippen molar-refractivity contribution in [1.29, 1.82) is 5.26 Å². The number of anilines is 1. The van der Waals surface area contributed by atoms with E-state index < -0.39 is 12.2 Å². The molecule has 130 valence electrons. The molecule has 0 heterocycles. The van der Waals surface area contributed by atoms with Gasteiger partial charge in [-0.2, -0.15) is 5.26 Å². The van der Waals surface area contributed by atoms with Crippen molar-refractivity contribution in [1.82, 2.24) is 0 Å².